The molecule has 0 bridgehead atoms. The van der Waals surface area contributed by atoms with Gasteiger partial charge in [-0.1, -0.05) is 35.9 Å². The number of aromatic carboxylic acids is 1. The Hall–Kier alpha value is -4.73. The first-order valence-electron chi connectivity index (χ1n) is 11.3. The molecule has 2 amide bonds. The van der Waals surface area contributed by atoms with E-state index in [1.54, 1.807) is 42.5 Å². The molecule has 1 fully saturated rings. The highest BCUT2D eigenvalue weighted by Crippen LogP contribution is 2.28. The number of anilines is 1. The molecule has 2 heterocycles. The highest BCUT2D eigenvalue weighted by molar-refractivity contribution is 7.80. The molecule has 38 heavy (non-hydrogen) atoms. The molecule has 1 saturated heterocycles. The summed E-state index contributed by atoms with van der Waals surface area (Å²) < 4.78 is 5.80. The zero-order valence-electron chi connectivity index (χ0n) is 19.5. The van der Waals surface area contributed by atoms with Gasteiger partial charge in [-0.3, -0.25) is 19.8 Å². The molecule has 1 aromatic heterocycles. The quantitative estimate of drug-likeness (QED) is 0.164. The summed E-state index contributed by atoms with van der Waals surface area (Å²) in [6, 6.07) is 24.0. The van der Waals surface area contributed by atoms with Gasteiger partial charge in [0.05, 0.1) is 16.3 Å². The van der Waals surface area contributed by atoms with Gasteiger partial charge < -0.3 is 14.8 Å². The molecule has 8 nitrogen and oxygen atoms in total. The van der Waals surface area contributed by atoms with Crippen LogP contribution in [0.15, 0.2) is 90.5 Å². The highest BCUT2D eigenvalue weighted by Gasteiger charge is 2.34. The van der Waals surface area contributed by atoms with E-state index in [0.29, 0.717) is 34.1 Å². The number of carbonyl (C=O) groups is 3. The molecule has 1 aliphatic heterocycles. The number of para-hydroxylation sites is 1. The summed E-state index contributed by atoms with van der Waals surface area (Å²) in [4.78, 5) is 41.7. The van der Waals surface area contributed by atoms with E-state index < -0.39 is 17.8 Å². The molecule has 188 valence electrons. The van der Waals surface area contributed by atoms with Crippen LogP contribution >= 0.6 is 23.8 Å². The van der Waals surface area contributed by atoms with Crippen LogP contribution in [0.3, 0.4) is 0 Å². The first kappa shape index (κ1) is 24.9. The summed E-state index contributed by atoms with van der Waals surface area (Å²) in [6.07, 6.45) is 1.41. The molecule has 0 atom stereocenters. The number of thiocarbonyl (C=S) groups is 1. The van der Waals surface area contributed by atoms with Gasteiger partial charge in [0.2, 0.25) is 0 Å². The number of nitrogens with one attached hydrogen (secondary N) is 2. The van der Waals surface area contributed by atoms with Crippen LogP contribution in [0.4, 0.5) is 5.69 Å². The van der Waals surface area contributed by atoms with E-state index in [4.69, 9.17) is 28.6 Å². The van der Waals surface area contributed by atoms with Gasteiger partial charge >= 0.3 is 5.97 Å². The van der Waals surface area contributed by atoms with Crippen molar-refractivity contribution < 1.29 is 24.2 Å². The number of hydrogen-bond donors (Lipinski definition) is 3. The predicted octanol–water partition coefficient (Wildman–Crippen LogP) is 5.66. The lowest BCUT2D eigenvalue weighted by atomic mass is 10.1. The van der Waals surface area contributed by atoms with E-state index in [1.807, 2.05) is 30.3 Å². The third-order valence-electron chi connectivity index (χ3n) is 5.69. The summed E-state index contributed by atoms with van der Waals surface area (Å²) in [5.74, 6) is -1.12. The van der Waals surface area contributed by atoms with Crippen molar-refractivity contribution in [3.05, 3.63) is 107 Å². The lowest BCUT2D eigenvalue weighted by Crippen LogP contribution is -2.54. The average Bonchev–Trinajstić information content (AvgIpc) is 3.37. The number of carbonyl (C=O) groups excluding carboxylic acids is 2. The standard InChI is InChI=1S/C28H18ClN3O5S/c29-23-12-6-16(14-21(23)27(35)36)24-13-7-17(30-24)15-22-25(33)31-28(38)32(26(22)34)18-8-10-20(11-9-18)37-19-4-2-1-3-5-19/h1-15,30H,(H,35,36)(H,31,33,38)/b22-15+. The van der Waals surface area contributed by atoms with Crippen molar-refractivity contribution in [3.63, 3.8) is 0 Å². The van der Waals surface area contributed by atoms with Gasteiger partial charge in [0, 0.05) is 11.4 Å². The Labute approximate surface area is 227 Å². The van der Waals surface area contributed by atoms with Crippen LogP contribution in [0.5, 0.6) is 11.5 Å². The lowest BCUT2D eigenvalue weighted by Gasteiger charge is -2.29. The Bertz CT molecular complexity index is 1610. The van der Waals surface area contributed by atoms with Crippen LogP contribution in [-0.2, 0) is 9.59 Å². The molecule has 10 heteroatoms. The van der Waals surface area contributed by atoms with Gasteiger partial charge in [-0.15, -0.1) is 0 Å². The monoisotopic (exact) mass is 543 g/mol. The van der Waals surface area contributed by atoms with Crippen molar-refractivity contribution in [1.29, 1.82) is 0 Å². The van der Waals surface area contributed by atoms with Crippen LogP contribution in [0.1, 0.15) is 16.1 Å². The summed E-state index contributed by atoms with van der Waals surface area (Å²) in [7, 11) is 0. The van der Waals surface area contributed by atoms with Crippen molar-refractivity contribution in [3.8, 4) is 22.8 Å². The number of aromatic nitrogens is 1. The molecular weight excluding hydrogens is 526 g/mol. The normalized spacial score (nSPS) is 14.5. The van der Waals surface area contributed by atoms with Gasteiger partial charge in [-0.05, 0) is 84.5 Å². The van der Waals surface area contributed by atoms with Crippen molar-refractivity contribution >= 4 is 58.5 Å². The number of aromatic amines is 1. The Morgan fingerprint density at radius 1 is 0.947 bits per heavy atom. The number of hydrogen-bond acceptors (Lipinski definition) is 5. The number of nitrogens with zero attached hydrogens (tertiary/aromatic N) is 1. The fraction of sp³-hybridized carbons (Fsp3) is 0. The molecule has 5 rings (SSSR count). The van der Waals surface area contributed by atoms with Gasteiger partial charge in [0.25, 0.3) is 11.8 Å². The summed E-state index contributed by atoms with van der Waals surface area (Å²) in [5, 5.41) is 12.0. The van der Waals surface area contributed by atoms with Crippen LogP contribution in [0, 0.1) is 0 Å². The fourth-order valence-corrected chi connectivity index (χ4v) is 4.34. The first-order chi connectivity index (χ1) is 18.3. The molecule has 1 aliphatic rings. The van der Waals surface area contributed by atoms with Gasteiger partial charge in [0.15, 0.2) is 5.11 Å². The topological polar surface area (TPSA) is 112 Å². The Kier molecular flexibility index (Phi) is 6.78. The number of ether oxygens (including phenoxy) is 1. The molecule has 0 spiro atoms. The summed E-state index contributed by atoms with van der Waals surface area (Å²) in [5.41, 5.74) is 1.92. The zero-order chi connectivity index (χ0) is 26.8. The van der Waals surface area contributed by atoms with Crippen LogP contribution < -0.4 is 15.0 Å². The first-order valence-corrected chi connectivity index (χ1v) is 12.1. The molecule has 0 saturated carbocycles. The SMILES string of the molecule is O=C1NC(=S)N(c2ccc(Oc3ccccc3)cc2)C(=O)/C1=C/c1ccc(-c2ccc(Cl)c(C(=O)O)c2)[nH]1. The fourth-order valence-electron chi connectivity index (χ4n) is 3.86. The van der Waals surface area contributed by atoms with Crippen LogP contribution in [0.2, 0.25) is 5.02 Å². The minimum absolute atomic E-state index is 0.0372. The lowest BCUT2D eigenvalue weighted by molar-refractivity contribution is -0.122. The minimum atomic E-state index is -1.15. The molecular formula is C28H18ClN3O5S. The summed E-state index contributed by atoms with van der Waals surface area (Å²) in [6.45, 7) is 0. The molecule has 3 N–H and O–H groups in total. The zero-order valence-corrected chi connectivity index (χ0v) is 21.0. The highest BCUT2D eigenvalue weighted by atomic mass is 35.5. The van der Waals surface area contributed by atoms with Gasteiger partial charge in [-0.25, -0.2) is 4.79 Å². The van der Waals surface area contributed by atoms with E-state index in [2.05, 4.69) is 10.3 Å². The van der Waals surface area contributed by atoms with Gasteiger partial charge in [-0.2, -0.15) is 0 Å². The smallest absolute Gasteiger partial charge is 0.337 e. The van der Waals surface area contributed by atoms with E-state index >= 15 is 0 Å². The number of amides is 2. The maximum absolute atomic E-state index is 13.3. The Morgan fingerprint density at radius 2 is 1.66 bits per heavy atom. The van der Waals surface area contributed by atoms with Crippen molar-refractivity contribution in [2.75, 3.05) is 4.90 Å². The van der Waals surface area contributed by atoms with E-state index in [1.165, 1.54) is 23.1 Å². The van der Waals surface area contributed by atoms with Gasteiger partial charge in [0.1, 0.15) is 17.1 Å². The Balaban J connectivity index is 1.39. The number of rotatable bonds is 6. The van der Waals surface area contributed by atoms with Crippen molar-refractivity contribution in [2.45, 2.75) is 0 Å². The van der Waals surface area contributed by atoms with Crippen molar-refractivity contribution in [2.24, 2.45) is 0 Å². The Morgan fingerprint density at radius 3 is 2.37 bits per heavy atom. The minimum Gasteiger partial charge on any atom is -0.478 e. The third-order valence-corrected chi connectivity index (χ3v) is 6.31. The van der Waals surface area contributed by atoms with Crippen LogP contribution in [-0.4, -0.2) is 33.0 Å². The second-order valence-electron chi connectivity index (χ2n) is 8.19. The molecule has 3 aromatic carbocycles. The second kappa shape index (κ2) is 10.3. The maximum atomic E-state index is 13.3. The molecule has 0 unspecified atom stereocenters. The average molecular weight is 544 g/mol. The molecule has 0 radical (unpaired) electrons. The predicted molar refractivity (Wildman–Crippen MR) is 147 cm³/mol. The maximum Gasteiger partial charge on any atom is 0.337 e. The van der Waals surface area contributed by atoms with E-state index in [-0.39, 0.29) is 21.3 Å². The molecule has 4 aromatic rings. The largest absolute Gasteiger partial charge is 0.478 e. The number of carboxylic acids is 1. The number of benzene rings is 3. The van der Waals surface area contributed by atoms with E-state index in [0.717, 1.165) is 0 Å². The number of H-pyrrole nitrogens is 1. The van der Waals surface area contributed by atoms with E-state index in [9.17, 15) is 19.5 Å². The number of halogens is 1. The van der Waals surface area contributed by atoms with Crippen molar-refractivity contribution in [1.82, 2.24) is 10.3 Å². The van der Waals surface area contributed by atoms with Crippen LogP contribution in [0.25, 0.3) is 17.3 Å². The number of carboxylic acid groups (broad SMARTS) is 1. The summed E-state index contributed by atoms with van der Waals surface area (Å²) >= 11 is 11.2. The third kappa shape index (κ3) is 5.06. The second-order valence-corrected chi connectivity index (χ2v) is 8.99. The molecule has 0 aliphatic carbocycles.